The number of aryl methyl sites for hydroxylation is 2. The van der Waals surface area contributed by atoms with Gasteiger partial charge in [0.2, 0.25) is 0 Å². The number of hydrogen-bond donors (Lipinski definition) is 1. The molecule has 3 rings (SSSR count). The minimum absolute atomic E-state index is 0.0854. The number of hydrogen-bond acceptors (Lipinski definition) is 4. The van der Waals surface area contributed by atoms with Crippen molar-refractivity contribution in [1.29, 1.82) is 0 Å². The van der Waals surface area contributed by atoms with Gasteiger partial charge in [-0.2, -0.15) is 11.3 Å². The Hall–Kier alpha value is -1.62. The van der Waals surface area contributed by atoms with Gasteiger partial charge in [0.1, 0.15) is 11.3 Å². The van der Waals surface area contributed by atoms with Crippen LogP contribution in [-0.4, -0.2) is 17.6 Å². The Bertz CT molecular complexity index is 577. The Labute approximate surface area is 115 Å². The smallest absolute Gasteiger partial charge is 0.256 e. The van der Waals surface area contributed by atoms with Crippen molar-refractivity contribution in [2.45, 2.75) is 32.1 Å². The van der Waals surface area contributed by atoms with Crippen LogP contribution in [0.25, 0.3) is 0 Å². The first kappa shape index (κ1) is 12.4. The van der Waals surface area contributed by atoms with Crippen LogP contribution in [0.4, 0.5) is 0 Å². The van der Waals surface area contributed by atoms with E-state index >= 15 is 0 Å². The van der Waals surface area contributed by atoms with Crippen molar-refractivity contribution >= 4 is 17.2 Å². The van der Waals surface area contributed by atoms with Crippen LogP contribution in [0.15, 0.2) is 21.3 Å². The van der Waals surface area contributed by atoms with E-state index in [4.69, 9.17) is 4.52 Å². The van der Waals surface area contributed by atoms with Crippen molar-refractivity contribution in [3.63, 3.8) is 0 Å². The standard InChI is InChI=1S/C14H16N2O2S/c1-9-12(10(2)18-16-9)13(17)15-8-14(4-5-14)11-3-6-19-7-11/h3,6-7H,4-5,8H2,1-2H3,(H,15,17). The van der Waals surface area contributed by atoms with E-state index in [1.807, 2.05) is 0 Å². The van der Waals surface area contributed by atoms with Gasteiger partial charge in [0.05, 0.1) is 5.69 Å². The van der Waals surface area contributed by atoms with E-state index in [0.717, 1.165) is 12.8 Å². The molecular formula is C14H16N2O2S. The molecule has 0 saturated heterocycles. The normalized spacial score (nSPS) is 16.3. The first-order chi connectivity index (χ1) is 9.12. The van der Waals surface area contributed by atoms with Gasteiger partial charge in [-0.15, -0.1) is 0 Å². The molecule has 1 fully saturated rings. The van der Waals surface area contributed by atoms with E-state index in [-0.39, 0.29) is 11.3 Å². The van der Waals surface area contributed by atoms with Gasteiger partial charge >= 0.3 is 0 Å². The summed E-state index contributed by atoms with van der Waals surface area (Å²) in [6.45, 7) is 4.24. The Kier molecular flexibility index (Phi) is 2.93. The zero-order valence-electron chi connectivity index (χ0n) is 11.0. The number of aromatic nitrogens is 1. The lowest BCUT2D eigenvalue weighted by atomic mass is 9.99. The van der Waals surface area contributed by atoms with E-state index in [0.29, 0.717) is 23.6 Å². The molecule has 0 aliphatic heterocycles. The molecule has 2 heterocycles. The number of carbonyl (C=O) groups excluding carboxylic acids is 1. The fourth-order valence-electron chi connectivity index (χ4n) is 2.43. The average Bonchev–Trinajstić information content (AvgIpc) is 2.83. The third kappa shape index (κ3) is 2.18. The van der Waals surface area contributed by atoms with Crippen molar-refractivity contribution in [3.05, 3.63) is 39.4 Å². The average molecular weight is 276 g/mol. The lowest BCUT2D eigenvalue weighted by Gasteiger charge is -2.14. The molecule has 0 atom stereocenters. The van der Waals surface area contributed by atoms with Crippen LogP contribution in [0, 0.1) is 13.8 Å². The second kappa shape index (κ2) is 4.49. The lowest BCUT2D eigenvalue weighted by Crippen LogP contribution is -2.32. The molecule has 0 aromatic carbocycles. The summed E-state index contributed by atoms with van der Waals surface area (Å²) >= 11 is 1.71. The van der Waals surface area contributed by atoms with Gasteiger partial charge in [0.15, 0.2) is 0 Å². The number of nitrogens with one attached hydrogen (secondary N) is 1. The first-order valence-electron chi connectivity index (χ1n) is 6.36. The van der Waals surface area contributed by atoms with Crippen molar-refractivity contribution in [3.8, 4) is 0 Å². The summed E-state index contributed by atoms with van der Waals surface area (Å²) in [5.74, 6) is 0.494. The summed E-state index contributed by atoms with van der Waals surface area (Å²) in [7, 11) is 0. The second-order valence-electron chi connectivity index (χ2n) is 5.17. The van der Waals surface area contributed by atoms with Gasteiger partial charge in [0, 0.05) is 12.0 Å². The minimum atomic E-state index is -0.0854. The highest BCUT2D eigenvalue weighted by Crippen LogP contribution is 2.48. The van der Waals surface area contributed by atoms with Gasteiger partial charge in [-0.1, -0.05) is 5.16 Å². The fraction of sp³-hybridized carbons (Fsp3) is 0.429. The van der Waals surface area contributed by atoms with E-state index in [1.165, 1.54) is 5.56 Å². The highest BCUT2D eigenvalue weighted by Gasteiger charge is 2.44. The Morgan fingerprint density at radius 3 is 2.84 bits per heavy atom. The van der Waals surface area contributed by atoms with Crippen molar-refractivity contribution in [2.24, 2.45) is 0 Å². The van der Waals surface area contributed by atoms with Gasteiger partial charge in [-0.05, 0) is 49.1 Å². The Morgan fingerprint density at radius 1 is 1.53 bits per heavy atom. The molecule has 0 bridgehead atoms. The van der Waals surface area contributed by atoms with Gasteiger partial charge in [0.25, 0.3) is 5.91 Å². The quantitative estimate of drug-likeness (QED) is 0.934. The van der Waals surface area contributed by atoms with E-state index < -0.39 is 0 Å². The molecule has 1 amide bonds. The van der Waals surface area contributed by atoms with E-state index in [1.54, 1.807) is 25.2 Å². The van der Waals surface area contributed by atoms with Gasteiger partial charge in [-0.3, -0.25) is 4.79 Å². The molecule has 2 aromatic heterocycles. The number of carbonyl (C=O) groups is 1. The summed E-state index contributed by atoms with van der Waals surface area (Å²) in [6, 6.07) is 2.15. The third-order valence-corrected chi connectivity index (χ3v) is 4.52. The second-order valence-corrected chi connectivity index (χ2v) is 5.95. The number of rotatable bonds is 4. The molecule has 0 radical (unpaired) electrons. The molecule has 100 valence electrons. The first-order valence-corrected chi connectivity index (χ1v) is 7.30. The molecule has 4 nitrogen and oxygen atoms in total. The summed E-state index contributed by atoms with van der Waals surface area (Å²) in [4.78, 5) is 12.2. The monoisotopic (exact) mass is 276 g/mol. The lowest BCUT2D eigenvalue weighted by molar-refractivity contribution is 0.0947. The molecule has 2 aromatic rings. The maximum absolute atomic E-state index is 12.2. The molecule has 1 aliphatic carbocycles. The maximum atomic E-state index is 12.2. The minimum Gasteiger partial charge on any atom is -0.361 e. The molecule has 0 spiro atoms. The van der Waals surface area contributed by atoms with Gasteiger partial charge in [-0.25, -0.2) is 0 Å². The van der Waals surface area contributed by atoms with Crippen molar-refractivity contribution in [2.75, 3.05) is 6.54 Å². The van der Waals surface area contributed by atoms with E-state index in [2.05, 4.69) is 27.3 Å². The number of nitrogens with zero attached hydrogens (tertiary/aromatic N) is 1. The number of thiophene rings is 1. The summed E-state index contributed by atoms with van der Waals surface area (Å²) in [5.41, 5.74) is 2.72. The number of amides is 1. The van der Waals surface area contributed by atoms with Crippen LogP contribution in [0.1, 0.15) is 40.2 Å². The molecule has 19 heavy (non-hydrogen) atoms. The highest BCUT2D eigenvalue weighted by atomic mass is 32.1. The molecular weight excluding hydrogens is 260 g/mol. The highest BCUT2D eigenvalue weighted by molar-refractivity contribution is 7.08. The largest absolute Gasteiger partial charge is 0.361 e. The predicted molar refractivity (Wildman–Crippen MR) is 73.5 cm³/mol. The summed E-state index contributed by atoms with van der Waals surface area (Å²) in [6.07, 6.45) is 2.29. The molecule has 0 unspecified atom stereocenters. The van der Waals surface area contributed by atoms with Crippen molar-refractivity contribution in [1.82, 2.24) is 10.5 Å². The zero-order valence-corrected chi connectivity index (χ0v) is 11.8. The van der Waals surface area contributed by atoms with Crippen LogP contribution >= 0.6 is 11.3 Å². The van der Waals surface area contributed by atoms with Crippen molar-refractivity contribution < 1.29 is 9.32 Å². The van der Waals surface area contributed by atoms with Crippen LogP contribution < -0.4 is 5.32 Å². The van der Waals surface area contributed by atoms with E-state index in [9.17, 15) is 4.79 Å². The molecule has 5 heteroatoms. The Balaban J connectivity index is 1.69. The van der Waals surface area contributed by atoms with Gasteiger partial charge < -0.3 is 9.84 Å². The van der Waals surface area contributed by atoms with Crippen LogP contribution in [0.2, 0.25) is 0 Å². The topological polar surface area (TPSA) is 55.1 Å². The van der Waals surface area contributed by atoms with Crippen LogP contribution in [-0.2, 0) is 5.41 Å². The summed E-state index contributed by atoms with van der Waals surface area (Å²) in [5, 5.41) is 11.1. The Morgan fingerprint density at radius 2 is 2.32 bits per heavy atom. The SMILES string of the molecule is Cc1noc(C)c1C(=O)NCC1(c2ccsc2)CC1. The fourth-order valence-corrected chi connectivity index (χ4v) is 3.21. The maximum Gasteiger partial charge on any atom is 0.256 e. The summed E-state index contributed by atoms with van der Waals surface area (Å²) < 4.78 is 5.03. The van der Waals surface area contributed by atoms with Crippen LogP contribution in [0.3, 0.4) is 0 Å². The van der Waals surface area contributed by atoms with Crippen LogP contribution in [0.5, 0.6) is 0 Å². The zero-order chi connectivity index (χ0) is 13.5. The predicted octanol–water partition coefficient (Wildman–Crippen LogP) is 2.81. The molecule has 1 N–H and O–H groups in total. The third-order valence-electron chi connectivity index (χ3n) is 3.83. The molecule has 1 aliphatic rings. The molecule has 1 saturated carbocycles.